The Bertz CT molecular complexity index is 293. The zero-order chi connectivity index (χ0) is 13.0. The number of aliphatic hydroxyl groups is 1. The number of hydrogen-bond acceptors (Lipinski definition) is 3. The van der Waals surface area contributed by atoms with E-state index < -0.39 is 24.6 Å². The molecule has 1 aliphatic heterocycles. The van der Waals surface area contributed by atoms with Crippen LogP contribution in [0.2, 0.25) is 0 Å². The second-order valence-corrected chi connectivity index (χ2v) is 4.67. The second-order valence-electron chi connectivity index (χ2n) is 4.67. The summed E-state index contributed by atoms with van der Waals surface area (Å²) in [6, 6.07) is -1.47. The SMILES string of the molecule is CC(C)C1CCCN1C(=O)NC(CO)C(=O)O. The molecule has 2 amide bonds. The molecule has 0 aromatic carbocycles. The third-order valence-electron chi connectivity index (χ3n) is 3.11. The Hall–Kier alpha value is -1.30. The van der Waals surface area contributed by atoms with Gasteiger partial charge in [-0.1, -0.05) is 13.8 Å². The van der Waals surface area contributed by atoms with Crippen molar-refractivity contribution < 1.29 is 19.8 Å². The fraction of sp³-hybridized carbons (Fsp3) is 0.818. The van der Waals surface area contributed by atoms with Crippen LogP contribution in [0.1, 0.15) is 26.7 Å². The maximum Gasteiger partial charge on any atom is 0.328 e. The highest BCUT2D eigenvalue weighted by Gasteiger charge is 2.32. The van der Waals surface area contributed by atoms with Crippen LogP contribution in [-0.2, 0) is 4.79 Å². The number of carbonyl (C=O) groups is 2. The molecule has 3 N–H and O–H groups in total. The Morgan fingerprint density at radius 3 is 2.59 bits per heavy atom. The molecule has 1 aliphatic rings. The molecule has 17 heavy (non-hydrogen) atoms. The molecule has 2 unspecified atom stereocenters. The van der Waals surface area contributed by atoms with Crippen molar-refractivity contribution in [3.63, 3.8) is 0 Å². The number of carboxylic acids is 1. The van der Waals surface area contributed by atoms with Crippen molar-refractivity contribution in [3.05, 3.63) is 0 Å². The summed E-state index contributed by atoms with van der Waals surface area (Å²) in [6.45, 7) is 4.13. The van der Waals surface area contributed by atoms with Gasteiger partial charge < -0.3 is 20.4 Å². The van der Waals surface area contributed by atoms with Crippen LogP contribution in [0.4, 0.5) is 4.79 Å². The number of aliphatic carboxylic acids is 1. The normalized spacial score (nSPS) is 21.6. The van der Waals surface area contributed by atoms with Crippen LogP contribution in [0.25, 0.3) is 0 Å². The molecule has 1 fully saturated rings. The minimum Gasteiger partial charge on any atom is -0.480 e. The lowest BCUT2D eigenvalue weighted by molar-refractivity contribution is -0.140. The fourth-order valence-corrected chi connectivity index (χ4v) is 2.16. The number of carbonyl (C=O) groups excluding carboxylic acids is 1. The van der Waals surface area contributed by atoms with Gasteiger partial charge in [-0.2, -0.15) is 0 Å². The first-order valence-corrected chi connectivity index (χ1v) is 5.88. The topological polar surface area (TPSA) is 89.9 Å². The van der Waals surface area contributed by atoms with E-state index in [0.717, 1.165) is 12.8 Å². The zero-order valence-electron chi connectivity index (χ0n) is 10.2. The highest BCUT2D eigenvalue weighted by Crippen LogP contribution is 2.23. The molecule has 0 radical (unpaired) electrons. The van der Waals surface area contributed by atoms with Gasteiger partial charge in [0.05, 0.1) is 6.61 Å². The number of nitrogens with one attached hydrogen (secondary N) is 1. The van der Waals surface area contributed by atoms with Crippen LogP contribution in [0.3, 0.4) is 0 Å². The van der Waals surface area contributed by atoms with Crippen molar-refractivity contribution in [2.45, 2.75) is 38.8 Å². The molecule has 6 heteroatoms. The van der Waals surface area contributed by atoms with E-state index in [9.17, 15) is 9.59 Å². The quantitative estimate of drug-likeness (QED) is 0.661. The second kappa shape index (κ2) is 5.86. The Kier molecular flexibility index (Phi) is 4.74. The summed E-state index contributed by atoms with van der Waals surface area (Å²) in [4.78, 5) is 24.2. The number of nitrogens with zero attached hydrogens (tertiary/aromatic N) is 1. The van der Waals surface area contributed by atoms with Crippen LogP contribution in [-0.4, -0.2) is 52.3 Å². The number of aliphatic hydroxyl groups excluding tert-OH is 1. The molecule has 1 rings (SSSR count). The number of urea groups is 1. The Balaban J connectivity index is 2.60. The van der Waals surface area contributed by atoms with E-state index in [1.165, 1.54) is 0 Å². The molecule has 0 aromatic rings. The first-order valence-electron chi connectivity index (χ1n) is 5.88. The molecular formula is C11H20N2O4. The van der Waals surface area contributed by atoms with Gasteiger partial charge in [0, 0.05) is 12.6 Å². The van der Waals surface area contributed by atoms with Gasteiger partial charge in [0.15, 0.2) is 6.04 Å². The summed E-state index contributed by atoms with van der Waals surface area (Å²) >= 11 is 0. The highest BCUT2D eigenvalue weighted by atomic mass is 16.4. The van der Waals surface area contributed by atoms with Crippen LogP contribution in [0.5, 0.6) is 0 Å². The summed E-state index contributed by atoms with van der Waals surface area (Å²) < 4.78 is 0. The van der Waals surface area contributed by atoms with E-state index in [0.29, 0.717) is 12.5 Å². The van der Waals surface area contributed by atoms with Gasteiger partial charge >= 0.3 is 12.0 Å². The van der Waals surface area contributed by atoms with E-state index in [2.05, 4.69) is 5.32 Å². The van der Waals surface area contributed by atoms with Crippen molar-refractivity contribution in [3.8, 4) is 0 Å². The largest absolute Gasteiger partial charge is 0.480 e. The predicted octanol–water partition coefficient (Wildman–Crippen LogP) is 0.262. The van der Waals surface area contributed by atoms with Crippen molar-refractivity contribution in [1.29, 1.82) is 0 Å². The van der Waals surface area contributed by atoms with Crippen molar-refractivity contribution in [1.82, 2.24) is 10.2 Å². The minimum atomic E-state index is -1.23. The Labute approximate surface area is 101 Å². The van der Waals surface area contributed by atoms with Crippen LogP contribution in [0, 0.1) is 5.92 Å². The monoisotopic (exact) mass is 244 g/mol. The number of likely N-dealkylation sites (tertiary alicyclic amines) is 1. The molecular weight excluding hydrogens is 224 g/mol. The minimum absolute atomic E-state index is 0.156. The van der Waals surface area contributed by atoms with E-state index >= 15 is 0 Å². The Morgan fingerprint density at radius 1 is 1.47 bits per heavy atom. The van der Waals surface area contributed by atoms with Gasteiger partial charge in [-0.25, -0.2) is 9.59 Å². The summed E-state index contributed by atoms with van der Waals surface area (Å²) in [5, 5.41) is 19.9. The zero-order valence-corrected chi connectivity index (χ0v) is 10.2. The van der Waals surface area contributed by atoms with E-state index in [1.807, 2.05) is 13.8 Å². The maximum atomic E-state index is 11.9. The molecule has 0 spiro atoms. The highest BCUT2D eigenvalue weighted by molar-refractivity contribution is 5.83. The van der Waals surface area contributed by atoms with Crippen LogP contribution >= 0.6 is 0 Å². The average Bonchev–Trinajstić information content (AvgIpc) is 2.73. The van der Waals surface area contributed by atoms with Gasteiger partial charge in [0.2, 0.25) is 0 Å². The first kappa shape index (κ1) is 13.8. The fourth-order valence-electron chi connectivity index (χ4n) is 2.16. The lowest BCUT2D eigenvalue weighted by atomic mass is 10.0. The van der Waals surface area contributed by atoms with Gasteiger partial charge in [-0.15, -0.1) is 0 Å². The van der Waals surface area contributed by atoms with E-state index in [-0.39, 0.29) is 6.04 Å². The van der Waals surface area contributed by atoms with Crippen LogP contribution in [0.15, 0.2) is 0 Å². The van der Waals surface area contributed by atoms with Gasteiger partial charge in [0.25, 0.3) is 0 Å². The molecule has 0 aromatic heterocycles. The third-order valence-corrected chi connectivity index (χ3v) is 3.11. The first-order chi connectivity index (χ1) is 7.97. The smallest absolute Gasteiger partial charge is 0.328 e. The number of rotatable bonds is 4. The van der Waals surface area contributed by atoms with Crippen molar-refractivity contribution in [2.75, 3.05) is 13.2 Å². The lowest BCUT2D eigenvalue weighted by Gasteiger charge is -2.28. The van der Waals surface area contributed by atoms with Gasteiger partial charge in [-0.05, 0) is 18.8 Å². The van der Waals surface area contributed by atoms with Crippen molar-refractivity contribution in [2.24, 2.45) is 5.92 Å². The molecule has 0 saturated carbocycles. The third kappa shape index (κ3) is 3.33. The lowest BCUT2D eigenvalue weighted by Crippen LogP contribution is -2.51. The average molecular weight is 244 g/mol. The predicted molar refractivity (Wildman–Crippen MR) is 61.6 cm³/mol. The van der Waals surface area contributed by atoms with Crippen LogP contribution < -0.4 is 5.32 Å². The molecule has 1 saturated heterocycles. The summed E-state index contributed by atoms with van der Waals surface area (Å²) in [6.07, 6.45) is 1.88. The molecule has 0 bridgehead atoms. The number of carboxylic acid groups (broad SMARTS) is 1. The van der Waals surface area contributed by atoms with E-state index in [4.69, 9.17) is 10.2 Å². The van der Waals surface area contributed by atoms with Crippen molar-refractivity contribution >= 4 is 12.0 Å². The number of hydrogen-bond donors (Lipinski definition) is 3. The molecule has 1 heterocycles. The summed E-state index contributed by atoms with van der Waals surface area (Å²) in [5.41, 5.74) is 0. The summed E-state index contributed by atoms with van der Waals surface area (Å²) in [7, 11) is 0. The molecule has 0 aliphatic carbocycles. The number of amides is 2. The Morgan fingerprint density at radius 2 is 2.12 bits per heavy atom. The van der Waals surface area contributed by atoms with E-state index in [1.54, 1.807) is 4.90 Å². The van der Waals surface area contributed by atoms with Gasteiger partial charge in [0.1, 0.15) is 0 Å². The molecule has 2 atom stereocenters. The maximum absolute atomic E-state index is 11.9. The standard InChI is InChI=1S/C11H20N2O4/c1-7(2)9-4-3-5-13(9)11(17)12-8(6-14)10(15)16/h7-9,14H,3-6H2,1-2H3,(H,12,17)(H,15,16). The molecule has 6 nitrogen and oxygen atoms in total. The van der Waals surface area contributed by atoms with Gasteiger partial charge in [-0.3, -0.25) is 0 Å². The summed E-state index contributed by atoms with van der Waals surface area (Å²) in [5.74, 6) is -0.873. The molecule has 98 valence electrons.